The number of para-hydroxylation sites is 2. The zero-order valence-corrected chi connectivity index (χ0v) is 32.5. The van der Waals surface area contributed by atoms with Gasteiger partial charge in [-0.1, -0.05) is 158 Å². The van der Waals surface area contributed by atoms with Crippen molar-refractivity contribution < 1.29 is 27.3 Å². The van der Waals surface area contributed by atoms with Crippen LogP contribution in [0.4, 0.5) is 0 Å². The Morgan fingerprint density at radius 3 is 1.04 bits per heavy atom. The van der Waals surface area contributed by atoms with E-state index in [1.807, 2.05) is 196 Å². The van der Waals surface area contributed by atoms with Crippen molar-refractivity contribution in [2.75, 3.05) is 0 Å². The van der Waals surface area contributed by atoms with Gasteiger partial charge in [0.25, 0.3) is 0 Å². The Labute approximate surface area is 343 Å². The number of aliphatic imine (C=N–C) groups is 2. The third-order valence-corrected chi connectivity index (χ3v) is 9.13. The summed E-state index contributed by atoms with van der Waals surface area (Å²) in [4.78, 5) is 9.65. The number of rotatable bonds is 10. The van der Waals surface area contributed by atoms with Gasteiger partial charge in [0.1, 0.15) is 0 Å². The molecule has 9 heteroatoms. The van der Waals surface area contributed by atoms with Crippen molar-refractivity contribution in [1.82, 2.24) is 19.6 Å². The van der Waals surface area contributed by atoms with E-state index in [1.54, 1.807) is 0 Å². The maximum atomic E-state index is 13.2. The molecule has 0 unspecified atom stereocenters. The molecule has 57 heavy (non-hydrogen) atoms. The molecular weight excluding hydrogens is 756 g/mol. The van der Waals surface area contributed by atoms with Gasteiger partial charge in [-0.2, -0.15) is 10.2 Å². The molecule has 0 aliphatic rings. The average Bonchev–Trinajstić information content (AvgIpc) is 3.72. The van der Waals surface area contributed by atoms with Gasteiger partial charge in [0.05, 0.1) is 47.3 Å². The fourth-order valence-corrected chi connectivity index (χ4v) is 6.37. The van der Waals surface area contributed by atoms with Crippen LogP contribution >= 0.6 is 0 Å². The number of nitrogens with zero attached hydrogens (tertiary/aromatic N) is 6. The largest absolute Gasteiger partial charge is 2.00 e. The van der Waals surface area contributed by atoms with Crippen molar-refractivity contribution >= 4 is 11.4 Å². The van der Waals surface area contributed by atoms with Crippen LogP contribution in [0.5, 0.6) is 11.8 Å². The second-order valence-electron chi connectivity index (χ2n) is 13.1. The zero-order valence-electron chi connectivity index (χ0n) is 31.5. The monoisotopic (exact) mass is 795 g/mol. The summed E-state index contributed by atoms with van der Waals surface area (Å²) < 4.78 is 2.90. The quantitative estimate of drug-likeness (QED) is 0.102. The Bertz CT molecular complexity index is 2360. The van der Waals surface area contributed by atoms with E-state index in [2.05, 4.69) is 10.2 Å². The van der Waals surface area contributed by atoms with Gasteiger partial charge in [-0.25, -0.2) is 9.36 Å². The van der Waals surface area contributed by atoms with Gasteiger partial charge in [-0.3, -0.25) is 9.98 Å². The summed E-state index contributed by atoms with van der Waals surface area (Å²) in [5.74, 6) is -0.307. The van der Waals surface area contributed by atoms with E-state index in [9.17, 15) is 10.2 Å². The predicted molar refractivity (Wildman–Crippen MR) is 220 cm³/mol. The number of hydrogen-bond donors (Lipinski definition) is 0. The average molecular weight is 796 g/mol. The summed E-state index contributed by atoms with van der Waals surface area (Å²) in [6.07, 6.45) is 0. The molecule has 2 heterocycles. The van der Waals surface area contributed by atoms with Gasteiger partial charge in [0.15, 0.2) is 0 Å². The fourth-order valence-electron chi connectivity index (χ4n) is 6.37. The van der Waals surface area contributed by atoms with Crippen LogP contribution in [0, 0.1) is 13.8 Å². The third kappa shape index (κ3) is 9.54. The molecule has 2 aromatic heterocycles. The number of aryl methyl sites for hydroxylation is 2. The van der Waals surface area contributed by atoms with E-state index >= 15 is 0 Å². The predicted octanol–water partition coefficient (Wildman–Crippen LogP) is 8.58. The van der Waals surface area contributed by atoms with Crippen molar-refractivity contribution in [3.8, 4) is 23.1 Å². The summed E-state index contributed by atoms with van der Waals surface area (Å²) >= 11 is 0. The fraction of sp³-hybridized carbons (Fsp3) is 0.0833. The van der Waals surface area contributed by atoms with Gasteiger partial charge in [-0.15, -0.1) is 0 Å². The Morgan fingerprint density at radius 1 is 0.439 bits per heavy atom. The third-order valence-electron chi connectivity index (χ3n) is 9.13. The second-order valence-corrected chi connectivity index (χ2v) is 13.1. The summed E-state index contributed by atoms with van der Waals surface area (Å²) in [7, 11) is 0. The van der Waals surface area contributed by atoms with Crippen LogP contribution in [-0.2, 0) is 30.2 Å². The van der Waals surface area contributed by atoms with E-state index in [0.29, 0.717) is 47.0 Å². The maximum Gasteiger partial charge on any atom is 2.00 e. The van der Waals surface area contributed by atoms with E-state index in [4.69, 9.17) is 9.98 Å². The van der Waals surface area contributed by atoms with Crippen LogP contribution in [-0.4, -0.2) is 31.0 Å². The van der Waals surface area contributed by atoms with Crippen LogP contribution < -0.4 is 10.2 Å². The molecule has 0 atom stereocenters. The van der Waals surface area contributed by atoms with Crippen LogP contribution in [0.1, 0.15) is 44.8 Å². The smallest absolute Gasteiger partial charge is 0.858 e. The Kier molecular flexibility index (Phi) is 13.4. The topological polar surface area (TPSA) is 106 Å². The minimum Gasteiger partial charge on any atom is -0.858 e. The molecule has 8 aromatic rings. The molecule has 0 aliphatic heterocycles. The minimum absolute atomic E-state index is 0. The number of aromatic nitrogens is 4. The van der Waals surface area contributed by atoms with E-state index in [0.717, 1.165) is 33.6 Å². The first-order valence-electron chi connectivity index (χ1n) is 18.4. The summed E-state index contributed by atoms with van der Waals surface area (Å²) in [6.45, 7) is 4.72. The van der Waals surface area contributed by atoms with E-state index in [1.165, 1.54) is 9.36 Å². The van der Waals surface area contributed by atoms with Crippen LogP contribution in [0.25, 0.3) is 11.4 Å². The first kappa shape index (κ1) is 39.9. The Morgan fingerprint density at radius 2 is 0.719 bits per heavy atom. The second kappa shape index (κ2) is 19.2. The minimum atomic E-state index is -0.153. The molecule has 8 nitrogen and oxygen atoms in total. The molecule has 285 valence electrons. The summed E-state index contributed by atoms with van der Waals surface area (Å²) in [5, 5.41) is 35.5. The van der Waals surface area contributed by atoms with Crippen molar-refractivity contribution in [2.24, 2.45) is 9.98 Å². The molecule has 0 aliphatic carbocycles. The molecule has 0 saturated carbocycles. The Hall–Kier alpha value is -6.80. The van der Waals surface area contributed by atoms with E-state index in [-0.39, 0.29) is 28.8 Å². The molecule has 0 fully saturated rings. The summed E-state index contributed by atoms with van der Waals surface area (Å²) in [5.41, 5.74) is 9.29. The zero-order chi connectivity index (χ0) is 38.7. The number of benzene rings is 6. The van der Waals surface area contributed by atoms with Crippen molar-refractivity contribution in [3.63, 3.8) is 0 Å². The normalized spacial score (nSPS) is 11.3. The molecule has 0 saturated heterocycles. The van der Waals surface area contributed by atoms with Crippen LogP contribution in [0.3, 0.4) is 0 Å². The molecule has 0 N–H and O–H groups in total. The van der Waals surface area contributed by atoms with E-state index < -0.39 is 0 Å². The summed E-state index contributed by atoms with van der Waals surface area (Å²) in [6, 6.07) is 58.6. The van der Waals surface area contributed by atoms with Crippen molar-refractivity contribution in [1.29, 1.82) is 0 Å². The molecule has 0 bridgehead atoms. The molecule has 1 radical (unpaired) electrons. The number of hydrogen-bond acceptors (Lipinski definition) is 6. The van der Waals surface area contributed by atoms with Crippen molar-refractivity contribution in [2.45, 2.75) is 26.9 Å². The molecule has 0 spiro atoms. The molecule has 0 amide bonds. The first-order chi connectivity index (χ1) is 27.5. The van der Waals surface area contributed by atoms with Gasteiger partial charge in [0.2, 0.25) is 0 Å². The molecular formula is C48H40CuN6O2. The standard InChI is InChI=1S/2C24H21N3O.Cu/c2*1-18-22(24(28)27(26-18)21-15-9-4-10-16-21)23(20-13-7-3-8-14-20)25-17-19-11-5-2-6-12-19;/h2*2-16,28H,17H2,1H3;/q;;+2/p-2. The van der Waals surface area contributed by atoms with Crippen molar-refractivity contribution in [3.05, 3.63) is 227 Å². The molecule has 6 aromatic carbocycles. The van der Waals surface area contributed by atoms with Gasteiger partial charge < -0.3 is 10.2 Å². The maximum absolute atomic E-state index is 13.2. The molecule has 8 rings (SSSR count). The SMILES string of the molecule is Cc1nn(-c2ccccc2)c([O-])c1C(=NCc1ccccc1)c1ccccc1.Cc1nn(-c2ccccc2)c([O-])c1C(=NCc1ccccc1)c1ccccc1.[Cu+2]. The van der Waals surface area contributed by atoms with Crippen LogP contribution in [0.2, 0.25) is 0 Å². The van der Waals surface area contributed by atoms with Gasteiger partial charge >= 0.3 is 17.1 Å². The first-order valence-corrected chi connectivity index (χ1v) is 18.4. The van der Waals surface area contributed by atoms with Crippen LogP contribution in [0.15, 0.2) is 192 Å². The Balaban J connectivity index is 0.000000189. The van der Waals surface area contributed by atoms with Gasteiger partial charge in [-0.05, 0) is 49.2 Å². The van der Waals surface area contributed by atoms with Gasteiger partial charge in [0, 0.05) is 34.0 Å².